The molecule has 1 aromatic heterocycles. The zero-order valence-corrected chi connectivity index (χ0v) is 41.2. The van der Waals surface area contributed by atoms with Crippen LogP contribution in [0.5, 0.6) is 5.75 Å². The Morgan fingerprint density at radius 1 is 1.05 bits per heavy atom. The Morgan fingerprint density at radius 2 is 1.74 bits per heavy atom. The van der Waals surface area contributed by atoms with Crippen molar-refractivity contribution in [2.24, 2.45) is 23.7 Å². The third kappa shape index (κ3) is 17.5. The van der Waals surface area contributed by atoms with E-state index in [2.05, 4.69) is 25.0 Å². The standard InChI is InChI=1S/C45H68N5O14PS/c1-10-12-16-40(53)47-33-22-30(17-18-38(33)63-45(58)64-65(59,60)61)21-31(20-28(6)44(56)57)46-41(54)34-25-66-42(48-34)39(62-29(7)51)24-36(26(3)4)50(9)43(55)32(27(5)11-2)23-37(52)35-15-13-14-19-49(35)8/h17-18,22,25-28,31-32,35-36,39H,10-16,19-21,23-24H2,1-9H3,(H,46,54)(H,47,53)(H,56,57)(H2,59,60,61)/t27-,28?,31+,32?,35+,36+,39+/m0/s1. The second-order valence-electron chi connectivity index (χ2n) is 17.6. The smallest absolute Gasteiger partial charge is 0.481 e. The average Bonchev–Trinajstić information content (AvgIpc) is 3.73. The number of nitrogens with zero attached hydrogens (tertiary/aromatic N) is 3. The molecule has 0 aliphatic carbocycles. The van der Waals surface area contributed by atoms with E-state index >= 15 is 0 Å². The van der Waals surface area contributed by atoms with E-state index in [-0.39, 0.29) is 78.8 Å². The number of unbranched alkanes of at least 4 members (excludes halogenated alkanes) is 1. The molecule has 7 atom stereocenters. The monoisotopic (exact) mass is 965 g/mol. The molecule has 1 aliphatic rings. The first-order valence-electron chi connectivity index (χ1n) is 22.5. The number of rotatable bonds is 25. The van der Waals surface area contributed by atoms with Crippen LogP contribution in [0.1, 0.15) is 140 Å². The number of hydrogen-bond donors (Lipinski definition) is 5. The molecule has 5 N–H and O–H groups in total. The number of carboxylic acids is 1. The molecule has 3 rings (SSSR count). The van der Waals surface area contributed by atoms with Crippen molar-refractivity contribution in [3.63, 3.8) is 0 Å². The molecule has 21 heteroatoms. The van der Waals surface area contributed by atoms with Gasteiger partial charge in [-0.25, -0.2) is 14.3 Å². The van der Waals surface area contributed by atoms with Crippen LogP contribution in [0.2, 0.25) is 0 Å². The van der Waals surface area contributed by atoms with E-state index in [4.69, 9.17) is 19.3 Å². The molecule has 1 fully saturated rings. The van der Waals surface area contributed by atoms with Crippen LogP contribution in [-0.4, -0.2) is 110 Å². The van der Waals surface area contributed by atoms with E-state index in [1.807, 2.05) is 41.7 Å². The first-order chi connectivity index (χ1) is 30.9. The normalized spacial score (nSPS) is 17.1. The lowest BCUT2D eigenvalue weighted by Crippen LogP contribution is -2.48. The Kier molecular flexibility index (Phi) is 21.9. The van der Waals surface area contributed by atoms with Crippen molar-refractivity contribution in [3.8, 4) is 5.75 Å². The van der Waals surface area contributed by atoms with Crippen LogP contribution in [0.25, 0.3) is 0 Å². The molecule has 368 valence electrons. The number of aromatic nitrogens is 1. The summed E-state index contributed by atoms with van der Waals surface area (Å²) < 4.78 is 26.0. The third-order valence-corrected chi connectivity index (χ3v) is 13.3. The van der Waals surface area contributed by atoms with E-state index in [9.17, 15) is 43.2 Å². The molecule has 1 aromatic carbocycles. The van der Waals surface area contributed by atoms with Gasteiger partial charge in [0.2, 0.25) is 11.8 Å². The largest absolute Gasteiger partial charge is 0.529 e. The summed E-state index contributed by atoms with van der Waals surface area (Å²) in [5.41, 5.74) is 0.370. The van der Waals surface area contributed by atoms with Gasteiger partial charge in [0.05, 0.1) is 17.6 Å². The number of phosphoric acid groups is 1. The number of esters is 1. The van der Waals surface area contributed by atoms with Gasteiger partial charge in [0, 0.05) is 56.6 Å². The summed E-state index contributed by atoms with van der Waals surface area (Å²) in [4.78, 5) is 118. The third-order valence-electron chi connectivity index (χ3n) is 12.0. The lowest BCUT2D eigenvalue weighted by Gasteiger charge is -2.37. The van der Waals surface area contributed by atoms with Gasteiger partial charge in [0.25, 0.3) is 5.91 Å². The zero-order chi connectivity index (χ0) is 49.5. The maximum Gasteiger partial charge on any atom is 0.529 e. The van der Waals surface area contributed by atoms with Gasteiger partial charge in [-0.15, -0.1) is 11.3 Å². The van der Waals surface area contributed by atoms with Crippen molar-refractivity contribution >= 4 is 66.4 Å². The Balaban J connectivity index is 1.89. The second kappa shape index (κ2) is 26.0. The number of carbonyl (C=O) groups is 7. The minimum Gasteiger partial charge on any atom is -0.481 e. The SMILES string of the molecule is CCCCC(=O)Nc1cc(C[C@@H](CC(C)C(=O)O)NC(=O)c2csc([C@@H](C[C@H](C(C)C)N(C)C(=O)C(CC(=O)[C@H]3CCCCN3C)[C@@H](C)CC)OC(C)=O)n2)ccc1OC(=O)OP(=O)(O)O. The summed E-state index contributed by atoms with van der Waals surface area (Å²) in [6.07, 6.45) is 2.37. The van der Waals surface area contributed by atoms with E-state index in [0.29, 0.717) is 29.8 Å². The molecular formula is C45H68N5O14PS. The summed E-state index contributed by atoms with van der Waals surface area (Å²) in [5.74, 6) is -4.89. The van der Waals surface area contributed by atoms with E-state index in [1.165, 1.54) is 37.4 Å². The molecule has 66 heavy (non-hydrogen) atoms. The second-order valence-corrected chi connectivity index (χ2v) is 19.6. The summed E-state index contributed by atoms with van der Waals surface area (Å²) in [6, 6.07) is 2.62. The maximum atomic E-state index is 14.4. The average molecular weight is 966 g/mol. The molecule has 1 saturated heterocycles. The number of anilines is 1. The predicted molar refractivity (Wildman–Crippen MR) is 246 cm³/mol. The van der Waals surface area contributed by atoms with Crippen molar-refractivity contribution in [3.05, 3.63) is 39.8 Å². The molecule has 1 aliphatic heterocycles. The van der Waals surface area contributed by atoms with Gasteiger partial charge in [-0.2, -0.15) is 0 Å². The van der Waals surface area contributed by atoms with E-state index < -0.39 is 67.8 Å². The Labute approximate surface area is 391 Å². The van der Waals surface area contributed by atoms with Crippen molar-refractivity contribution in [1.82, 2.24) is 20.1 Å². The molecule has 0 spiro atoms. The molecule has 19 nitrogen and oxygen atoms in total. The lowest BCUT2D eigenvalue weighted by molar-refractivity contribution is -0.149. The predicted octanol–water partition coefficient (Wildman–Crippen LogP) is 6.91. The van der Waals surface area contributed by atoms with Crippen molar-refractivity contribution < 1.29 is 67.0 Å². The number of hydrogen-bond acceptors (Lipinski definition) is 14. The number of aliphatic carboxylic acids is 1. The van der Waals surface area contributed by atoms with Gasteiger partial charge in [0.15, 0.2) is 17.6 Å². The van der Waals surface area contributed by atoms with Crippen molar-refractivity contribution in [2.45, 2.75) is 143 Å². The van der Waals surface area contributed by atoms with Crippen molar-refractivity contribution in [1.29, 1.82) is 0 Å². The molecular weight excluding hydrogens is 898 g/mol. The van der Waals surface area contributed by atoms with Crippen molar-refractivity contribution in [2.75, 3.05) is 26.0 Å². The first-order valence-corrected chi connectivity index (χ1v) is 24.9. The van der Waals surface area contributed by atoms with Crippen LogP contribution in [0.3, 0.4) is 0 Å². The number of likely N-dealkylation sites (tertiary alicyclic amines) is 1. The molecule has 2 unspecified atom stereocenters. The molecule has 2 heterocycles. The number of ketones is 1. The van der Waals surface area contributed by atoms with Gasteiger partial charge < -0.3 is 34.6 Å². The number of piperidine rings is 1. The summed E-state index contributed by atoms with van der Waals surface area (Å²) in [7, 11) is -1.60. The number of amides is 3. The van der Waals surface area contributed by atoms with Crippen LogP contribution >= 0.6 is 19.2 Å². The fourth-order valence-corrected chi connectivity index (χ4v) is 9.09. The summed E-state index contributed by atoms with van der Waals surface area (Å²) >= 11 is 1.08. The number of carbonyl (C=O) groups excluding carboxylic acids is 6. The summed E-state index contributed by atoms with van der Waals surface area (Å²) in [6.45, 7) is 13.3. The number of phosphoric ester groups is 1. The van der Waals surface area contributed by atoms with Crippen LogP contribution in [-0.2, 0) is 44.2 Å². The fraction of sp³-hybridized carbons (Fsp3) is 0.644. The molecule has 0 bridgehead atoms. The molecule has 0 saturated carbocycles. The molecule has 3 amide bonds. The first kappa shape index (κ1) is 55.6. The number of nitrogens with one attached hydrogen (secondary N) is 2. The van der Waals surface area contributed by atoms with Crippen LogP contribution in [0, 0.1) is 23.7 Å². The highest BCUT2D eigenvalue weighted by Crippen LogP contribution is 2.38. The molecule has 0 radical (unpaired) electrons. The number of likely N-dealkylation sites (N-methyl/N-ethyl adjacent to an activating group) is 1. The number of carboxylic acid groups (broad SMARTS) is 1. The Hall–Kier alpha value is -4.75. The number of benzene rings is 1. The van der Waals surface area contributed by atoms with Gasteiger partial charge >= 0.3 is 25.9 Å². The summed E-state index contributed by atoms with van der Waals surface area (Å²) in [5, 5.41) is 17.0. The maximum absolute atomic E-state index is 14.4. The van der Waals surface area contributed by atoms with Gasteiger partial charge in [0.1, 0.15) is 10.7 Å². The lowest BCUT2D eigenvalue weighted by atomic mass is 9.83. The number of ether oxygens (including phenoxy) is 2. The van der Waals surface area contributed by atoms with Gasteiger partial charge in [-0.3, -0.25) is 43.5 Å². The van der Waals surface area contributed by atoms with Gasteiger partial charge in [-0.1, -0.05) is 66.9 Å². The van der Waals surface area contributed by atoms with Gasteiger partial charge in [-0.05, 0) is 75.2 Å². The highest BCUT2D eigenvalue weighted by Gasteiger charge is 2.38. The highest BCUT2D eigenvalue weighted by molar-refractivity contribution is 7.46. The van der Waals surface area contributed by atoms with Crippen LogP contribution in [0.4, 0.5) is 10.5 Å². The Morgan fingerprint density at radius 3 is 2.33 bits per heavy atom. The number of thiazole rings is 1. The van der Waals surface area contributed by atoms with Crippen LogP contribution in [0.15, 0.2) is 23.6 Å². The highest BCUT2D eigenvalue weighted by atomic mass is 32.1. The Bertz CT molecular complexity index is 2060. The zero-order valence-electron chi connectivity index (χ0n) is 39.4. The van der Waals surface area contributed by atoms with E-state index in [1.54, 1.807) is 11.9 Å². The molecule has 2 aromatic rings. The topological polar surface area (TPSA) is 268 Å². The van der Waals surface area contributed by atoms with E-state index in [0.717, 1.165) is 37.1 Å². The number of Topliss-reactive ketones (excluding diaryl/α,β-unsaturated/α-hetero) is 1. The quantitative estimate of drug-likeness (QED) is 0.0384. The van der Waals surface area contributed by atoms with Crippen LogP contribution < -0.4 is 15.4 Å². The minimum absolute atomic E-state index is 0.0124. The minimum atomic E-state index is -5.25. The fourth-order valence-electron chi connectivity index (χ4n) is 8.02.